The molecule has 0 radical (unpaired) electrons. The molecule has 0 atom stereocenters. The van der Waals surface area contributed by atoms with Gasteiger partial charge < -0.3 is 9.47 Å². The first-order valence-electron chi connectivity index (χ1n) is 9.67. The number of rotatable bonds is 7. The maximum Gasteiger partial charge on any atom is 0.267 e. The standard InChI is InChI=1S/C23H19Cl2N3O3S/c1-14-5-7-19(30-2)21-22(14)32-23(27-21)28(12-15-4-3-9-26-11-15)20(29)13-31-18-8-6-16(24)10-17(18)25/h3-11H,12-13H2,1-2H3. The second-order valence-electron chi connectivity index (χ2n) is 6.96. The minimum atomic E-state index is -0.268. The molecule has 0 aliphatic heterocycles. The van der Waals surface area contributed by atoms with Crippen LogP contribution in [0.25, 0.3) is 10.2 Å². The zero-order valence-corrected chi connectivity index (χ0v) is 19.7. The summed E-state index contributed by atoms with van der Waals surface area (Å²) in [7, 11) is 1.60. The molecule has 9 heteroatoms. The number of ether oxygens (including phenoxy) is 2. The third-order valence-electron chi connectivity index (χ3n) is 4.75. The van der Waals surface area contributed by atoms with E-state index in [4.69, 9.17) is 37.7 Å². The van der Waals surface area contributed by atoms with Crippen LogP contribution in [-0.4, -0.2) is 29.6 Å². The van der Waals surface area contributed by atoms with Crippen molar-refractivity contribution in [3.05, 3.63) is 76.0 Å². The quantitative estimate of drug-likeness (QED) is 0.323. The van der Waals surface area contributed by atoms with E-state index >= 15 is 0 Å². The number of halogens is 2. The number of hydrogen-bond acceptors (Lipinski definition) is 6. The van der Waals surface area contributed by atoms with Crippen molar-refractivity contribution < 1.29 is 14.3 Å². The van der Waals surface area contributed by atoms with Gasteiger partial charge in [-0.3, -0.25) is 14.7 Å². The average molecular weight is 488 g/mol. The molecule has 0 fully saturated rings. The topological polar surface area (TPSA) is 64.5 Å². The van der Waals surface area contributed by atoms with Crippen LogP contribution in [0, 0.1) is 6.92 Å². The Bertz CT molecular complexity index is 1260. The lowest BCUT2D eigenvalue weighted by molar-refractivity contribution is -0.120. The van der Waals surface area contributed by atoms with Gasteiger partial charge in [-0.1, -0.05) is 46.7 Å². The highest BCUT2D eigenvalue weighted by Crippen LogP contribution is 2.37. The molecule has 164 valence electrons. The largest absolute Gasteiger partial charge is 0.494 e. The molecular weight excluding hydrogens is 469 g/mol. The van der Waals surface area contributed by atoms with E-state index in [0.717, 1.165) is 21.3 Å². The monoisotopic (exact) mass is 487 g/mol. The van der Waals surface area contributed by atoms with E-state index in [1.807, 2.05) is 31.2 Å². The molecule has 2 aromatic carbocycles. The number of carbonyl (C=O) groups excluding carboxylic acids is 1. The van der Waals surface area contributed by atoms with E-state index < -0.39 is 0 Å². The van der Waals surface area contributed by atoms with E-state index in [2.05, 4.69) is 4.98 Å². The molecule has 2 aromatic heterocycles. The SMILES string of the molecule is COc1ccc(C)c2sc(N(Cc3cccnc3)C(=O)COc3ccc(Cl)cc3Cl)nc12. The molecule has 0 saturated carbocycles. The second-order valence-corrected chi connectivity index (χ2v) is 8.78. The highest BCUT2D eigenvalue weighted by Gasteiger charge is 2.23. The minimum absolute atomic E-state index is 0.215. The highest BCUT2D eigenvalue weighted by molar-refractivity contribution is 7.22. The molecule has 4 aromatic rings. The fourth-order valence-electron chi connectivity index (χ4n) is 3.12. The Kier molecular flexibility index (Phi) is 6.79. The molecular formula is C23H19Cl2N3O3S. The van der Waals surface area contributed by atoms with Gasteiger partial charge in [-0.2, -0.15) is 0 Å². The van der Waals surface area contributed by atoms with Crippen LogP contribution in [-0.2, 0) is 11.3 Å². The van der Waals surface area contributed by atoms with Gasteiger partial charge in [-0.05, 0) is 48.4 Å². The van der Waals surface area contributed by atoms with Crippen LogP contribution in [0.15, 0.2) is 54.9 Å². The van der Waals surface area contributed by atoms with Crippen LogP contribution in [0.4, 0.5) is 5.13 Å². The van der Waals surface area contributed by atoms with Gasteiger partial charge in [0.2, 0.25) is 0 Å². The molecule has 0 saturated heterocycles. The summed E-state index contributed by atoms with van der Waals surface area (Å²) in [5, 5.41) is 1.38. The zero-order chi connectivity index (χ0) is 22.7. The van der Waals surface area contributed by atoms with Crippen LogP contribution in [0.5, 0.6) is 11.5 Å². The summed E-state index contributed by atoms with van der Waals surface area (Å²) >= 11 is 13.5. The molecule has 2 heterocycles. The number of aromatic nitrogens is 2. The number of hydrogen-bond donors (Lipinski definition) is 0. The molecule has 0 N–H and O–H groups in total. The Morgan fingerprint density at radius 1 is 1.16 bits per heavy atom. The number of amides is 1. The smallest absolute Gasteiger partial charge is 0.267 e. The summed E-state index contributed by atoms with van der Waals surface area (Å²) < 4.78 is 12.1. The van der Waals surface area contributed by atoms with E-state index in [-0.39, 0.29) is 12.5 Å². The molecule has 0 aliphatic rings. The maximum atomic E-state index is 13.3. The Morgan fingerprint density at radius 2 is 1.97 bits per heavy atom. The molecule has 0 bridgehead atoms. The summed E-state index contributed by atoms with van der Waals surface area (Å²) in [5.74, 6) is 0.772. The minimum Gasteiger partial charge on any atom is -0.494 e. The lowest BCUT2D eigenvalue weighted by Gasteiger charge is -2.20. The van der Waals surface area contributed by atoms with Gasteiger partial charge >= 0.3 is 0 Å². The van der Waals surface area contributed by atoms with Crippen molar-refractivity contribution in [2.24, 2.45) is 0 Å². The Balaban J connectivity index is 1.66. The number of methoxy groups -OCH3 is 1. The molecule has 0 spiro atoms. The number of carbonyl (C=O) groups is 1. The normalized spacial score (nSPS) is 10.9. The maximum absolute atomic E-state index is 13.3. The van der Waals surface area contributed by atoms with Crippen molar-refractivity contribution in [3.63, 3.8) is 0 Å². The van der Waals surface area contributed by atoms with Crippen molar-refractivity contribution in [2.45, 2.75) is 13.5 Å². The van der Waals surface area contributed by atoms with Crippen molar-refractivity contribution in [1.82, 2.24) is 9.97 Å². The van der Waals surface area contributed by atoms with Crippen molar-refractivity contribution in [1.29, 1.82) is 0 Å². The fourth-order valence-corrected chi connectivity index (χ4v) is 4.66. The average Bonchev–Trinajstić information content (AvgIpc) is 3.24. The van der Waals surface area contributed by atoms with E-state index in [1.165, 1.54) is 11.3 Å². The van der Waals surface area contributed by atoms with E-state index in [1.54, 1.807) is 42.6 Å². The number of fused-ring (bicyclic) bond motifs is 1. The van der Waals surface area contributed by atoms with Crippen molar-refractivity contribution in [2.75, 3.05) is 18.6 Å². The Morgan fingerprint density at radius 3 is 2.69 bits per heavy atom. The lowest BCUT2D eigenvalue weighted by Crippen LogP contribution is -2.34. The molecule has 1 amide bonds. The third kappa shape index (κ3) is 4.80. The van der Waals surface area contributed by atoms with Crippen molar-refractivity contribution >= 4 is 55.8 Å². The van der Waals surface area contributed by atoms with Gasteiger partial charge in [-0.15, -0.1) is 0 Å². The molecule has 6 nitrogen and oxygen atoms in total. The number of benzene rings is 2. The van der Waals surface area contributed by atoms with Crippen LogP contribution in [0.2, 0.25) is 10.0 Å². The first-order chi connectivity index (χ1) is 15.5. The van der Waals surface area contributed by atoms with E-state index in [9.17, 15) is 4.79 Å². The number of aryl methyl sites for hydroxylation is 1. The van der Waals surface area contributed by atoms with Crippen LogP contribution in [0.3, 0.4) is 0 Å². The fraction of sp³-hybridized carbons (Fsp3) is 0.174. The van der Waals surface area contributed by atoms with Gasteiger partial charge in [0.05, 0.1) is 23.4 Å². The first kappa shape index (κ1) is 22.3. The third-order valence-corrected chi connectivity index (χ3v) is 6.50. The van der Waals surface area contributed by atoms with Gasteiger partial charge in [-0.25, -0.2) is 4.98 Å². The predicted octanol–water partition coefficient (Wildman–Crippen LogP) is 5.93. The summed E-state index contributed by atoms with van der Waals surface area (Å²) in [6, 6.07) is 12.4. The summed E-state index contributed by atoms with van der Waals surface area (Å²) in [5.41, 5.74) is 2.65. The van der Waals surface area contributed by atoms with Crippen LogP contribution >= 0.6 is 34.5 Å². The highest BCUT2D eigenvalue weighted by atomic mass is 35.5. The number of nitrogens with zero attached hydrogens (tertiary/aromatic N) is 3. The van der Waals surface area contributed by atoms with Crippen LogP contribution < -0.4 is 14.4 Å². The summed E-state index contributed by atoms with van der Waals surface area (Å²) in [6.45, 7) is 2.09. The Labute approximate surface area is 199 Å². The molecule has 0 aliphatic carbocycles. The predicted molar refractivity (Wildman–Crippen MR) is 128 cm³/mol. The molecule has 32 heavy (non-hydrogen) atoms. The number of anilines is 1. The Hall–Kier alpha value is -2.87. The number of pyridine rings is 1. The lowest BCUT2D eigenvalue weighted by atomic mass is 10.2. The first-order valence-corrected chi connectivity index (χ1v) is 11.2. The zero-order valence-electron chi connectivity index (χ0n) is 17.3. The number of thiazole rings is 1. The van der Waals surface area contributed by atoms with Gasteiger partial charge in [0.25, 0.3) is 5.91 Å². The van der Waals surface area contributed by atoms with Crippen molar-refractivity contribution in [3.8, 4) is 11.5 Å². The van der Waals surface area contributed by atoms with Crippen LogP contribution in [0.1, 0.15) is 11.1 Å². The summed E-state index contributed by atoms with van der Waals surface area (Å²) in [4.78, 5) is 23.7. The second kappa shape index (κ2) is 9.73. The molecule has 4 rings (SSSR count). The molecule has 0 unspecified atom stereocenters. The van der Waals surface area contributed by atoms with Gasteiger partial charge in [0.15, 0.2) is 11.7 Å². The summed E-state index contributed by atoms with van der Waals surface area (Å²) in [6.07, 6.45) is 3.41. The van der Waals surface area contributed by atoms with Gasteiger partial charge in [0, 0.05) is 17.4 Å². The van der Waals surface area contributed by atoms with Gasteiger partial charge in [0.1, 0.15) is 17.0 Å². The van der Waals surface area contributed by atoms with E-state index in [0.29, 0.717) is 33.2 Å².